The summed E-state index contributed by atoms with van der Waals surface area (Å²) in [6.07, 6.45) is -1.37. The van der Waals surface area contributed by atoms with Gasteiger partial charge in [0.15, 0.2) is 0 Å². The second-order valence-corrected chi connectivity index (χ2v) is 9.83. The molecule has 0 spiro atoms. The summed E-state index contributed by atoms with van der Waals surface area (Å²) in [4.78, 5) is 59.5. The Bertz CT molecular complexity index is 1370. The predicted molar refractivity (Wildman–Crippen MR) is 144 cm³/mol. The molecular formula is C28H27ClF3N5O4. The molecule has 1 heterocycles. The van der Waals surface area contributed by atoms with E-state index in [2.05, 4.69) is 25.9 Å². The van der Waals surface area contributed by atoms with Crippen LogP contribution in [0.5, 0.6) is 0 Å². The Hall–Kier alpha value is -4.32. The molecule has 3 rings (SSSR count). The van der Waals surface area contributed by atoms with Gasteiger partial charge < -0.3 is 16.0 Å². The molecule has 0 saturated carbocycles. The van der Waals surface area contributed by atoms with E-state index in [0.717, 1.165) is 0 Å². The number of hydrogen-bond acceptors (Lipinski definition) is 6. The molecule has 0 bridgehead atoms. The molecule has 3 aromatic rings. The fraction of sp³-hybridized carbons (Fsp3) is 0.286. The van der Waals surface area contributed by atoms with Crippen molar-refractivity contribution in [2.75, 3.05) is 0 Å². The first kappa shape index (κ1) is 31.2. The number of carbonyl (C=O) groups excluding carboxylic acids is 4. The Labute approximate surface area is 238 Å². The SMILES string of the molecule is CC(C)[C@H](NC(=O)[C@@H](NC(=O)[C@H](Cc1cccc(Cl)c1)NC(=O)c1cnccn1)c1ccccc1)C(=O)C(F)(F)F. The predicted octanol–water partition coefficient (Wildman–Crippen LogP) is 3.60. The quantitative estimate of drug-likeness (QED) is 0.313. The second-order valence-electron chi connectivity index (χ2n) is 9.40. The van der Waals surface area contributed by atoms with Crippen molar-refractivity contribution in [1.29, 1.82) is 0 Å². The van der Waals surface area contributed by atoms with Gasteiger partial charge in [0.1, 0.15) is 17.8 Å². The third-order valence-electron chi connectivity index (χ3n) is 5.95. The summed E-state index contributed by atoms with van der Waals surface area (Å²) in [5.41, 5.74) is 0.745. The molecule has 13 heteroatoms. The number of rotatable bonds is 11. The molecule has 3 amide bonds. The molecule has 3 atom stereocenters. The highest BCUT2D eigenvalue weighted by molar-refractivity contribution is 6.30. The summed E-state index contributed by atoms with van der Waals surface area (Å²) in [6, 6.07) is 9.67. The topological polar surface area (TPSA) is 130 Å². The molecule has 216 valence electrons. The number of aromatic nitrogens is 2. The molecule has 0 aliphatic heterocycles. The zero-order valence-electron chi connectivity index (χ0n) is 22.0. The van der Waals surface area contributed by atoms with E-state index in [-0.39, 0.29) is 17.7 Å². The molecule has 3 N–H and O–H groups in total. The number of halogens is 4. The van der Waals surface area contributed by atoms with E-state index >= 15 is 0 Å². The molecule has 0 saturated heterocycles. The summed E-state index contributed by atoms with van der Waals surface area (Å²) < 4.78 is 39.7. The molecular weight excluding hydrogens is 563 g/mol. The van der Waals surface area contributed by atoms with Gasteiger partial charge in [-0.3, -0.25) is 24.2 Å². The van der Waals surface area contributed by atoms with Crippen LogP contribution in [-0.2, 0) is 20.8 Å². The lowest BCUT2D eigenvalue weighted by molar-refractivity contribution is -0.175. The molecule has 1 aromatic heterocycles. The summed E-state index contributed by atoms with van der Waals surface area (Å²) >= 11 is 6.08. The van der Waals surface area contributed by atoms with Crippen molar-refractivity contribution < 1.29 is 32.3 Å². The molecule has 0 unspecified atom stereocenters. The van der Waals surface area contributed by atoms with Gasteiger partial charge in [0, 0.05) is 23.8 Å². The first-order valence-corrected chi connectivity index (χ1v) is 12.8. The lowest BCUT2D eigenvalue weighted by atomic mass is 9.97. The van der Waals surface area contributed by atoms with E-state index in [1.807, 2.05) is 0 Å². The van der Waals surface area contributed by atoms with Crippen molar-refractivity contribution in [3.05, 3.63) is 95.0 Å². The van der Waals surface area contributed by atoms with Crippen molar-refractivity contribution in [2.45, 2.75) is 44.6 Å². The maximum atomic E-state index is 13.6. The van der Waals surface area contributed by atoms with E-state index in [1.165, 1.54) is 44.6 Å². The smallest absolute Gasteiger partial charge is 0.344 e. The largest absolute Gasteiger partial charge is 0.452 e. The standard InChI is InChI=1S/C28H27ClF3N5O4/c1-16(2)22(24(38)28(30,31)32)36-27(41)23(18-8-4-3-5-9-18)37-25(39)20(14-17-7-6-10-19(29)13-17)35-26(40)21-15-33-11-12-34-21/h3-13,15-16,20,22-23H,14H2,1-2H3,(H,35,40)(H,36,41)(H,37,39)/t20-,22-,23-/m0/s1. The van der Waals surface area contributed by atoms with E-state index in [0.29, 0.717) is 10.6 Å². The average molecular weight is 590 g/mol. The highest BCUT2D eigenvalue weighted by Crippen LogP contribution is 2.22. The Morgan fingerprint density at radius 3 is 2.20 bits per heavy atom. The third-order valence-corrected chi connectivity index (χ3v) is 6.19. The van der Waals surface area contributed by atoms with Crippen molar-refractivity contribution in [3.8, 4) is 0 Å². The molecule has 2 aromatic carbocycles. The lowest BCUT2D eigenvalue weighted by Gasteiger charge is -2.27. The van der Waals surface area contributed by atoms with Gasteiger partial charge in [0.25, 0.3) is 11.7 Å². The Kier molecular flexibility index (Phi) is 10.5. The first-order chi connectivity index (χ1) is 19.4. The number of benzene rings is 2. The van der Waals surface area contributed by atoms with Gasteiger partial charge in [-0.25, -0.2) is 4.98 Å². The second kappa shape index (κ2) is 13.8. The van der Waals surface area contributed by atoms with Crippen LogP contribution in [0.1, 0.15) is 41.5 Å². The summed E-state index contributed by atoms with van der Waals surface area (Å²) in [5.74, 6) is -5.61. The fourth-order valence-electron chi connectivity index (χ4n) is 3.89. The lowest BCUT2D eigenvalue weighted by Crippen LogP contribution is -2.55. The van der Waals surface area contributed by atoms with Gasteiger partial charge in [0.2, 0.25) is 11.8 Å². The number of carbonyl (C=O) groups is 4. The maximum absolute atomic E-state index is 13.6. The Morgan fingerprint density at radius 1 is 0.902 bits per heavy atom. The minimum absolute atomic E-state index is 0.0529. The van der Waals surface area contributed by atoms with Gasteiger partial charge in [-0.1, -0.05) is 67.9 Å². The summed E-state index contributed by atoms with van der Waals surface area (Å²) in [6.45, 7) is 2.71. The number of alkyl halides is 3. The molecule has 41 heavy (non-hydrogen) atoms. The number of nitrogens with one attached hydrogen (secondary N) is 3. The highest BCUT2D eigenvalue weighted by atomic mass is 35.5. The van der Waals surface area contributed by atoms with Gasteiger partial charge in [0.05, 0.1) is 12.2 Å². The van der Waals surface area contributed by atoms with Crippen molar-refractivity contribution >= 4 is 35.1 Å². The Morgan fingerprint density at radius 2 is 1.61 bits per heavy atom. The van der Waals surface area contributed by atoms with Gasteiger partial charge in [-0.2, -0.15) is 13.2 Å². The van der Waals surface area contributed by atoms with Crippen molar-refractivity contribution in [3.63, 3.8) is 0 Å². The van der Waals surface area contributed by atoms with E-state index < -0.39 is 53.7 Å². The summed E-state index contributed by atoms with van der Waals surface area (Å²) in [5, 5.41) is 7.61. The number of amides is 3. The minimum Gasteiger partial charge on any atom is -0.344 e. The third kappa shape index (κ3) is 8.84. The zero-order valence-corrected chi connectivity index (χ0v) is 22.7. The van der Waals surface area contributed by atoms with Gasteiger partial charge in [-0.05, 0) is 29.2 Å². The van der Waals surface area contributed by atoms with Crippen LogP contribution in [0.4, 0.5) is 13.2 Å². The molecule has 0 fully saturated rings. The van der Waals surface area contributed by atoms with Crippen LogP contribution in [0.3, 0.4) is 0 Å². The van der Waals surface area contributed by atoms with Crippen LogP contribution in [0.25, 0.3) is 0 Å². The van der Waals surface area contributed by atoms with Crippen LogP contribution in [0, 0.1) is 5.92 Å². The fourth-order valence-corrected chi connectivity index (χ4v) is 4.11. The number of Topliss-reactive ketones (excluding diaryl/α,β-unsaturated/α-hetero) is 1. The minimum atomic E-state index is -5.18. The molecule has 0 aliphatic rings. The number of ketones is 1. The monoisotopic (exact) mass is 589 g/mol. The van der Waals surface area contributed by atoms with E-state index in [4.69, 9.17) is 11.6 Å². The van der Waals surface area contributed by atoms with E-state index in [1.54, 1.807) is 42.5 Å². The molecule has 9 nitrogen and oxygen atoms in total. The Balaban J connectivity index is 1.92. The van der Waals surface area contributed by atoms with Crippen LogP contribution < -0.4 is 16.0 Å². The normalized spacial score (nSPS) is 13.5. The zero-order chi connectivity index (χ0) is 30.2. The average Bonchev–Trinajstić information content (AvgIpc) is 2.94. The first-order valence-electron chi connectivity index (χ1n) is 12.4. The highest BCUT2D eigenvalue weighted by Gasteiger charge is 2.45. The van der Waals surface area contributed by atoms with Crippen LogP contribution in [0.15, 0.2) is 73.2 Å². The van der Waals surface area contributed by atoms with Gasteiger partial charge >= 0.3 is 6.18 Å². The van der Waals surface area contributed by atoms with Crippen LogP contribution in [-0.4, -0.2) is 51.7 Å². The van der Waals surface area contributed by atoms with Crippen LogP contribution in [0.2, 0.25) is 5.02 Å². The maximum Gasteiger partial charge on any atom is 0.452 e. The van der Waals surface area contributed by atoms with Crippen molar-refractivity contribution in [2.24, 2.45) is 5.92 Å². The van der Waals surface area contributed by atoms with E-state index in [9.17, 15) is 32.3 Å². The molecule has 0 radical (unpaired) electrons. The summed E-state index contributed by atoms with van der Waals surface area (Å²) in [7, 11) is 0. The van der Waals surface area contributed by atoms with Crippen LogP contribution >= 0.6 is 11.6 Å². The number of hydrogen-bond donors (Lipinski definition) is 3. The van der Waals surface area contributed by atoms with Crippen molar-refractivity contribution in [1.82, 2.24) is 25.9 Å². The van der Waals surface area contributed by atoms with Gasteiger partial charge in [-0.15, -0.1) is 0 Å². The molecule has 0 aliphatic carbocycles. The number of nitrogens with zero attached hydrogens (tertiary/aromatic N) is 2.